The van der Waals surface area contributed by atoms with Gasteiger partial charge in [0.15, 0.2) is 17.7 Å². The Kier molecular flexibility index (Phi) is 9.37. The van der Waals surface area contributed by atoms with Gasteiger partial charge in [-0.3, -0.25) is 23.7 Å². The molecule has 1 amide bonds. The van der Waals surface area contributed by atoms with Crippen molar-refractivity contribution < 1.29 is 32.8 Å². The van der Waals surface area contributed by atoms with E-state index in [2.05, 4.69) is 10.3 Å². The molecule has 2 aromatic rings. The average molecular weight is 582 g/mol. The van der Waals surface area contributed by atoms with Crippen LogP contribution in [0.3, 0.4) is 0 Å². The van der Waals surface area contributed by atoms with Crippen LogP contribution in [0.1, 0.15) is 22.1 Å². The number of rotatable bonds is 9. The second-order valence-electron chi connectivity index (χ2n) is 9.61. The molecule has 0 spiro atoms. The summed E-state index contributed by atoms with van der Waals surface area (Å²) in [6.45, 7) is 5.45. The molecule has 2 unspecified atom stereocenters. The number of carbonyl (C=O) groups is 1. The van der Waals surface area contributed by atoms with Crippen LogP contribution in [0.2, 0.25) is 0 Å². The van der Waals surface area contributed by atoms with Crippen molar-refractivity contribution in [1.29, 1.82) is 0 Å². The number of H-pyrrole nitrogens is 1. The second-order valence-corrected chi connectivity index (χ2v) is 12.0. The smallest absolute Gasteiger partial charge is 0.330 e. The number of ether oxygens (including phenoxy) is 4. The van der Waals surface area contributed by atoms with Gasteiger partial charge in [-0.1, -0.05) is 0 Å². The number of amides is 1. The maximum Gasteiger partial charge on any atom is 0.330 e. The molecule has 0 aliphatic carbocycles. The van der Waals surface area contributed by atoms with Crippen molar-refractivity contribution >= 4 is 13.4 Å². The van der Waals surface area contributed by atoms with E-state index in [1.807, 2.05) is 0 Å². The maximum atomic E-state index is 13.5. The van der Waals surface area contributed by atoms with Gasteiger partial charge in [-0.2, -0.15) is 0 Å². The van der Waals surface area contributed by atoms with Gasteiger partial charge in [-0.05, 0) is 19.1 Å². The van der Waals surface area contributed by atoms with Gasteiger partial charge >= 0.3 is 5.69 Å². The highest BCUT2D eigenvalue weighted by Crippen LogP contribution is 2.47. The lowest BCUT2D eigenvalue weighted by atomic mass is 10.1. The molecule has 1 aromatic heterocycles. The number of benzene rings is 1. The number of methoxy groups -OCH3 is 3. The summed E-state index contributed by atoms with van der Waals surface area (Å²) < 4.78 is 44.5. The van der Waals surface area contributed by atoms with Gasteiger partial charge in [0.1, 0.15) is 0 Å². The van der Waals surface area contributed by atoms with Crippen LogP contribution >= 0.6 is 7.52 Å². The molecule has 0 radical (unpaired) electrons. The quantitative estimate of drug-likeness (QED) is 0.402. The van der Waals surface area contributed by atoms with Gasteiger partial charge in [0.05, 0.1) is 34.0 Å². The number of carbonyl (C=O) groups excluding carboxylic acids is 1. The summed E-state index contributed by atoms with van der Waals surface area (Å²) in [6, 6.07) is 3.22. The Morgan fingerprint density at radius 3 is 2.30 bits per heavy atom. The van der Waals surface area contributed by atoms with Crippen LogP contribution in [0.25, 0.3) is 0 Å². The van der Waals surface area contributed by atoms with E-state index >= 15 is 0 Å². The summed E-state index contributed by atoms with van der Waals surface area (Å²) in [6.07, 6.45) is 0.348. The third-order valence-corrected chi connectivity index (χ3v) is 9.02. The third kappa shape index (κ3) is 6.42. The molecule has 4 rings (SSSR count). The first-order chi connectivity index (χ1) is 19.1. The number of aromatic amines is 1. The molecular formula is C25H36N5O9P. The molecule has 2 fully saturated rings. The summed E-state index contributed by atoms with van der Waals surface area (Å²) >= 11 is 0. The zero-order valence-corrected chi connectivity index (χ0v) is 24.2. The van der Waals surface area contributed by atoms with Crippen LogP contribution in [-0.4, -0.2) is 105 Å². The molecule has 14 nitrogen and oxygen atoms in total. The number of nitrogens with zero attached hydrogens (tertiary/aromatic N) is 3. The predicted molar refractivity (Wildman–Crippen MR) is 146 cm³/mol. The van der Waals surface area contributed by atoms with Gasteiger partial charge < -0.3 is 33.7 Å². The third-order valence-electron chi connectivity index (χ3n) is 6.97. The number of nitrogens with one attached hydrogen (secondary N) is 2. The van der Waals surface area contributed by atoms with Crippen molar-refractivity contribution in [3.05, 3.63) is 50.3 Å². The fourth-order valence-corrected chi connectivity index (χ4v) is 6.21. The molecule has 0 bridgehead atoms. The fourth-order valence-electron chi connectivity index (χ4n) is 4.70. The van der Waals surface area contributed by atoms with Gasteiger partial charge in [0, 0.05) is 63.3 Å². The Labute approximate surface area is 231 Å². The summed E-state index contributed by atoms with van der Waals surface area (Å²) in [5, 5.41) is 3.19. The van der Waals surface area contributed by atoms with E-state index in [0.29, 0.717) is 67.6 Å². The highest BCUT2D eigenvalue weighted by Gasteiger charge is 2.34. The van der Waals surface area contributed by atoms with Crippen molar-refractivity contribution in [2.75, 3.05) is 73.9 Å². The Balaban J connectivity index is 1.33. The molecule has 2 N–H and O–H groups in total. The average Bonchev–Trinajstić information content (AvgIpc) is 2.97. The van der Waals surface area contributed by atoms with Crippen molar-refractivity contribution in [2.24, 2.45) is 0 Å². The lowest BCUT2D eigenvalue weighted by Crippen LogP contribution is -2.49. The molecule has 3 heterocycles. The van der Waals surface area contributed by atoms with E-state index in [-0.39, 0.29) is 12.5 Å². The highest BCUT2D eigenvalue weighted by atomic mass is 31.2. The molecule has 2 aliphatic heterocycles. The Bertz CT molecular complexity index is 1360. The molecule has 0 saturated carbocycles. The Morgan fingerprint density at radius 1 is 1.05 bits per heavy atom. The maximum absolute atomic E-state index is 13.5. The Hall–Kier alpha value is -3.16. The van der Waals surface area contributed by atoms with E-state index in [1.54, 1.807) is 35.3 Å². The molecule has 2 saturated heterocycles. The van der Waals surface area contributed by atoms with Crippen LogP contribution in [-0.2, 0) is 13.8 Å². The summed E-state index contributed by atoms with van der Waals surface area (Å²) in [5.41, 5.74) is -0.221. The minimum Gasteiger partial charge on any atom is -0.493 e. The summed E-state index contributed by atoms with van der Waals surface area (Å²) in [7, 11) is 1.27. The van der Waals surface area contributed by atoms with Crippen molar-refractivity contribution in [3.63, 3.8) is 0 Å². The fraction of sp³-hybridized carbons (Fsp3) is 0.560. The van der Waals surface area contributed by atoms with Gasteiger partial charge in [0.25, 0.3) is 19.0 Å². The SMILES string of the molecule is COc1cc(C(=O)N2CCN(P(C)(=O)OC[C@@H]3CNCC(n4cc(C)c(=O)[nH]c4=O)O3)CC2)cc(OC)c1OC. The number of piperazine rings is 1. The van der Waals surface area contributed by atoms with Crippen LogP contribution in [0, 0.1) is 6.92 Å². The van der Waals surface area contributed by atoms with E-state index in [1.165, 1.54) is 32.1 Å². The number of morpholine rings is 1. The van der Waals surface area contributed by atoms with E-state index in [4.69, 9.17) is 23.5 Å². The topological polar surface area (TPSA) is 154 Å². The van der Waals surface area contributed by atoms with Crippen LogP contribution in [0.5, 0.6) is 17.2 Å². The van der Waals surface area contributed by atoms with E-state index in [9.17, 15) is 18.9 Å². The minimum atomic E-state index is -3.20. The molecule has 3 atom stereocenters. The number of aromatic nitrogens is 2. The molecule has 1 aromatic carbocycles. The zero-order valence-electron chi connectivity index (χ0n) is 23.3. The van der Waals surface area contributed by atoms with Gasteiger partial charge in [-0.15, -0.1) is 0 Å². The number of hydrogen-bond donors (Lipinski definition) is 2. The zero-order chi connectivity index (χ0) is 29.0. The van der Waals surface area contributed by atoms with Crippen molar-refractivity contribution in [1.82, 2.24) is 24.4 Å². The summed E-state index contributed by atoms with van der Waals surface area (Å²) in [4.78, 5) is 41.1. The first-order valence-electron chi connectivity index (χ1n) is 12.8. The monoisotopic (exact) mass is 581 g/mol. The molecule has 220 valence electrons. The normalized spacial score (nSPS) is 21.5. The predicted octanol–water partition coefficient (Wildman–Crippen LogP) is 0.655. The van der Waals surface area contributed by atoms with E-state index in [0.717, 1.165) is 0 Å². The molecule has 2 aliphatic rings. The lowest BCUT2D eigenvalue weighted by Gasteiger charge is -2.38. The van der Waals surface area contributed by atoms with Crippen molar-refractivity contribution in [3.8, 4) is 17.2 Å². The van der Waals surface area contributed by atoms with Gasteiger partial charge in [0.2, 0.25) is 5.75 Å². The van der Waals surface area contributed by atoms with Crippen molar-refractivity contribution in [2.45, 2.75) is 19.3 Å². The second kappa shape index (κ2) is 12.6. The van der Waals surface area contributed by atoms with Gasteiger partial charge in [-0.25, -0.2) is 9.46 Å². The first kappa shape index (κ1) is 29.8. The first-order valence-corrected chi connectivity index (χ1v) is 14.9. The molecule has 40 heavy (non-hydrogen) atoms. The summed E-state index contributed by atoms with van der Waals surface area (Å²) in [5.74, 6) is 0.973. The van der Waals surface area contributed by atoms with Crippen LogP contribution in [0.4, 0.5) is 0 Å². The lowest BCUT2D eigenvalue weighted by molar-refractivity contribution is -0.0937. The number of hydrogen-bond acceptors (Lipinski definition) is 10. The molecule has 15 heteroatoms. The highest BCUT2D eigenvalue weighted by molar-refractivity contribution is 7.55. The minimum absolute atomic E-state index is 0.0406. The van der Waals surface area contributed by atoms with E-state index < -0.39 is 31.1 Å². The number of aryl methyl sites for hydroxylation is 1. The van der Waals surface area contributed by atoms with Crippen LogP contribution < -0.4 is 30.8 Å². The largest absolute Gasteiger partial charge is 0.493 e. The standard InChI is InChI=1S/C25H36N5O9P/c1-16-14-30(25(33)27-23(16)31)21-13-26-12-18(39-21)15-38-40(5,34)29-8-6-28(7-9-29)24(32)17-10-19(35-2)22(37-4)20(11-17)36-3/h10-11,14,18,21,26H,6-9,12-13,15H2,1-5H3,(H,27,31,33)/t18-,21?,40?/m0/s1. The Morgan fingerprint density at radius 2 is 1.70 bits per heavy atom. The molecular weight excluding hydrogens is 545 g/mol. The van der Waals surface area contributed by atoms with Crippen LogP contribution in [0.15, 0.2) is 27.9 Å².